The van der Waals surface area contributed by atoms with E-state index in [1.807, 2.05) is 48.5 Å². The highest BCUT2D eigenvalue weighted by atomic mass is 19.1. The highest BCUT2D eigenvalue weighted by molar-refractivity contribution is 5.72. The summed E-state index contributed by atoms with van der Waals surface area (Å²) in [5.74, 6) is 0.247. The van der Waals surface area contributed by atoms with Gasteiger partial charge in [0.15, 0.2) is 0 Å². The average Bonchev–Trinajstić information content (AvgIpc) is 2.66. The number of carbonyl (C=O) groups is 1. The third kappa shape index (κ3) is 5.82. The summed E-state index contributed by atoms with van der Waals surface area (Å²) in [6.45, 7) is 1.74. The maximum atomic E-state index is 13.9. The van der Waals surface area contributed by atoms with E-state index < -0.39 is 0 Å². The van der Waals surface area contributed by atoms with Crippen LogP contribution in [0.25, 0.3) is 12.2 Å². The van der Waals surface area contributed by atoms with Crippen molar-refractivity contribution in [3.63, 3.8) is 0 Å². The van der Waals surface area contributed by atoms with Gasteiger partial charge >= 0.3 is 5.97 Å². The van der Waals surface area contributed by atoms with Crippen molar-refractivity contribution in [2.75, 3.05) is 0 Å². The maximum absolute atomic E-state index is 13.9. The molecule has 0 heterocycles. The number of halogens is 1. The Morgan fingerprint density at radius 1 is 0.889 bits per heavy atom. The molecule has 3 nitrogen and oxygen atoms in total. The second-order valence-corrected chi connectivity index (χ2v) is 5.99. The van der Waals surface area contributed by atoms with Gasteiger partial charge in [-0.15, -0.1) is 0 Å². The Morgan fingerprint density at radius 3 is 2.30 bits per heavy atom. The lowest BCUT2D eigenvalue weighted by Gasteiger charge is -2.07. The molecule has 0 radical (unpaired) electrons. The average molecular weight is 362 g/mol. The molecule has 0 saturated heterocycles. The van der Waals surface area contributed by atoms with Crippen LogP contribution in [0.15, 0.2) is 72.8 Å². The summed E-state index contributed by atoms with van der Waals surface area (Å²) < 4.78 is 24.6. The van der Waals surface area contributed by atoms with E-state index in [9.17, 15) is 9.18 Å². The zero-order valence-corrected chi connectivity index (χ0v) is 14.9. The van der Waals surface area contributed by atoms with Crippen molar-refractivity contribution < 1.29 is 18.7 Å². The van der Waals surface area contributed by atoms with Crippen molar-refractivity contribution in [2.24, 2.45) is 0 Å². The summed E-state index contributed by atoms with van der Waals surface area (Å²) in [5.41, 5.74) is 2.62. The van der Waals surface area contributed by atoms with Gasteiger partial charge in [0.25, 0.3) is 0 Å². The van der Waals surface area contributed by atoms with E-state index in [0.717, 1.165) is 11.1 Å². The number of rotatable bonds is 6. The van der Waals surface area contributed by atoms with Crippen LogP contribution in [0, 0.1) is 5.82 Å². The lowest BCUT2D eigenvalue weighted by Crippen LogP contribution is -2.00. The van der Waals surface area contributed by atoms with Gasteiger partial charge in [0, 0.05) is 13.0 Å². The molecule has 3 aromatic rings. The minimum absolute atomic E-state index is 0.356. The molecule has 3 rings (SSSR count). The van der Waals surface area contributed by atoms with Crippen LogP contribution < -0.4 is 9.47 Å². The zero-order valence-electron chi connectivity index (χ0n) is 14.9. The minimum Gasteiger partial charge on any atom is -0.489 e. The lowest BCUT2D eigenvalue weighted by molar-refractivity contribution is -0.131. The quantitative estimate of drug-likeness (QED) is 0.330. The first-order valence-corrected chi connectivity index (χ1v) is 8.52. The van der Waals surface area contributed by atoms with Crippen molar-refractivity contribution in [3.8, 4) is 11.5 Å². The third-order valence-corrected chi connectivity index (χ3v) is 3.75. The summed E-state index contributed by atoms with van der Waals surface area (Å²) in [6, 6.07) is 21.4. The Kier molecular flexibility index (Phi) is 6.00. The summed E-state index contributed by atoms with van der Waals surface area (Å²) in [4.78, 5) is 10.9. The molecule has 136 valence electrons. The van der Waals surface area contributed by atoms with Crippen LogP contribution in [0.1, 0.15) is 23.6 Å². The smallest absolute Gasteiger partial charge is 0.308 e. The van der Waals surface area contributed by atoms with E-state index in [-0.39, 0.29) is 11.8 Å². The second-order valence-electron chi connectivity index (χ2n) is 5.99. The molecule has 27 heavy (non-hydrogen) atoms. The first-order chi connectivity index (χ1) is 13.1. The van der Waals surface area contributed by atoms with Crippen molar-refractivity contribution in [1.29, 1.82) is 0 Å². The van der Waals surface area contributed by atoms with Crippen LogP contribution in [0.4, 0.5) is 4.39 Å². The fourth-order valence-electron chi connectivity index (χ4n) is 2.51. The van der Waals surface area contributed by atoms with E-state index in [1.54, 1.807) is 24.3 Å². The number of esters is 1. The number of benzene rings is 3. The molecule has 0 aliphatic rings. The Labute approximate surface area is 157 Å². The van der Waals surface area contributed by atoms with Gasteiger partial charge in [0.05, 0.1) is 0 Å². The number of ether oxygens (including phenoxy) is 2. The molecule has 0 atom stereocenters. The van der Waals surface area contributed by atoms with Crippen LogP contribution in [0.2, 0.25) is 0 Å². The Balaban J connectivity index is 1.68. The van der Waals surface area contributed by atoms with Crippen LogP contribution in [-0.2, 0) is 11.4 Å². The van der Waals surface area contributed by atoms with Crippen molar-refractivity contribution in [1.82, 2.24) is 0 Å². The van der Waals surface area contributed by atoms with Crippen LogP contribution in [0.3, 0.4) is 0 Å². The Hall–Kier alpha value is -3.40. The van der Waals surface area contributed by atoms with Crippen molar-refractivity contribution >= 4 is 18.1 Å². The zero-order chi connectivity index (χ0) is 19.1. The summed E-state index contributed by atoms with van der Waals surface area (Å²) in [5, 5.41) is 0. The van der Waals surface area contributed by atoms with E-state index >= 15 is 0 Å². The Morgan fingerprint density at radius 2 is 1.59 bits per heavy atom. The van der Waals surface area contributed by atoms with Crippen LogP contribution in [0.5, 0.6) is 11.5 Å². The molecule has 0 spiro atoms. The predicted octanol–water partition coefficient (Wildman–Crippen LogP) is 5.50. The minimum atomic E-state index is -0.360. The van der Waals surface area contributed by atoms with Gasteiger partial charge in [-0.25, -0.2) is 4.39 Å². The van der Waals surface area contributed by atoms with Crippen LogP contribution >= 0.6 is 0 Å². The predicted molar refractivity (Wildman–Crippen MR) is 104 cm³/mol. The van der Waals surface area contributed by atoms with E-state index in [0.29, 0.717) is 23.7 Å². The number of carbonyl (C=O) groups excluding carboxylic acids is 1. The topological polar surface area (TPSA) is 35.5 Å². The first kappa shape index (κ1) is 18.4. The molecule has 0 fully saturated rings. The molecule has 0 N–H and O–H groups in total. The fourth-order valence-corrected chi connectivity index (χ4v) is 2.51. The van der Waals surface area contributed by atoms with E-state index in [4.69, 9.17) is 9.47 Å². The molecule has 0 aliphatic heterocycles. The molecule has 0 saturated carbocycles. The largest absolute Gasteiger partial charge is 0.489 e. The van der Waals surface area contributed by atoms with Gasteiger partial charge in [-0.1, -0.05) is 54.6 Å². The van der Waals surface area contributed by atoms with Gasteiger partial charge in [-0.2, -0.15) is 0 Å². The second kappa shape index (κ2) is 8.81. The van der Waals surface area contributed by atoms with Crippen LogP contribution in [-0.4, -0.2) is 5.97 Å². The summed E-state index contributed by atoms with van der Waals surface area (Å²) >= 11 is 0. The van der Waals surface area contributed by atoms with Gasteiger partial charge in [-0.3, -0.25) is 4.79 Å². The summed E-state index contributed by atoms with van der Waals surface area (Å²) in [6.07, 6.45) is 3.66. The molecule has 4 heteroatoms. The highest BCUT2D eigenvalue weighted by Crippen LogP contribution is 2.20. The van der Waals surface area contributed by atoms with E-state index in [1.165, 1.54) is 19.1 Å². The lowest BCUT2D eigenvalue weighted by atomic mass is 10.1. The first-order valence-electron chi connectivity index (χ1n) is 8.52. The Bertz CT molecular complexity index is 932. The summed E-state index contributed by atoms with van der Waals surface area (Å²) in [7, 11) is 0. The number of hydrogen-bond donors (Lipinski definition) is 0. The molecule has 0 aromatic heterocycles. The van der Waals surface area contributed by atoms with Gasteiger partial charge < -0.3 is 9.47 Å². The molecule has 0 aliphatic carbocycles. The fraction of sp³-hybridized carbons (Fsp3) is 0.0870. The monoisotopic (exact) mass is 362 g/mol. The van der Waals surface area contributed by atoms with Crippen molar-refractivity contribution in [3.05, 3.63) is 95.3 Å². The molecule has 0 unspecified atom stereocenters. The SMILES string of the molecule is CC(=O)Oc1ccc(C=Cc2cc(F)cc(OCc3ccccc3)c2)cc1. The molecular formula is C23H19FO3. The molecule has 3 aromatic carbocycles. The number of hydrogen-bond acceptors (Lipinski definition) is 3. The third-order valence-electron chi connectivity index (χ3n) is 3.75. The van der Waals surface area contributed by atoms with Crippen molar-refractivity contribution in [2.45, 2.75) is 13.5 Å². The molecule has 0 bridgehead atoms. The molecule has 0 amide bonds. The van der Waals surface area contributed by atoms with Gasteiger partial charge in [0.1, 0.15) is 23.9 Å². The van der Waals surface area contributed by atoms with Gasteiger partial charge in [0.2, 0.25) is 0 Å². The maximum Gasteiger partial charge on any atom is 0.308 e. The van der Waals surface area contributed by atoms with Gasteiger partial charge in [-0.05, 0) is 41.0 Å². The highest BCUT2D eigenvalue weighted by Gasteiger charge is 2.02. The molecular weight excluding hydrogens is 343 g/mol. The van der Waals surface area contributed by atoms with E-state index in [2.05, 4.69) is 0 Å². The normalized spacial score (nSPS) is 10.7. The standard InChI is InChI=1S/C23H19FO3/c1-17(25)27-22-11-9-18(10-12-22)7-8-20-13-21(24)15-23(14-20)26-16-19-5-3-2-4-6-19/h2-15H,16H2,1H3.